The molecular formula is C25H23N3O4. The second-order valence-corrected chi connectivity index (χ2v) is 7.77. The second kappa shape index (κ2) is 8.55. The maximum Gasteiger partial charge on any atom is 0.325 e. The second-order valence-electron chi connectivity index (χ2n) is 7.77. The summed E-state index contributed by atoms with van der Waals surface area (Å²) in [7, 11) is 0. The monoisotopic (exact) mass is 429 g/mol. The number of ether oxygens (including phenoxy) is 1. The van der Waals surface area contributed by atoms with Crippen molar-refractivity contribution < 1.29 is 19.1 Å². The summed E-state index contributed by atoms with van der Waals surface area (Å²) in [4.78, 5) is 39.1. The van der Waals surface area contributed by atoms with Crippen LogP contribution in [0.3, 0.4) is 0 Å². The number of aryl methyl sites for hydroxylation is 1. The van der Waals surface area contributed by atoms with E-state index in [4.69, 9.17) is 4.74 Å². The topological polar surface area (TPSA) is 87.7 Å². The summed E-state index contributed by atoms with van der Waals surface area (Å²) >= 11 is 0. The van der Waals surface area contributed by atoms with Crippen LogP contribution in [0.15, 0.2) is 78.9 Å². The van der Waals surface area contributed by atoms with Crippen molar-refractivity contribution in [2.45, 2.75) is 19.4 Å². The van der Waals surface area contributed by atoms with Crippen molar-refractivity contribution in [2.24, 2.45) is 0 Å². The maximum atomic E-state index is 13.0. The summed E-state index contributed by atoms with van der Waals surface area (Å²) in [5.74, 6) is 0.0971. The van der Waals surface area contributed by atoms with E-state index >= 15 is 0 Å². The van der Waals surface area contributed by atoms with Gasteiger partial charge in [-0.3, -0.25) is 14.5 Å². The Bertz CT molecular complexity index is 1160. The quantitative estimate of drug-likeness (QED) is 0.575. The van der Waals surface area contributed by atoms with Gasteiger partial charge < -0.3 is 15.4 Å². The molecule has 1 atom stereocenters. The molecule has 0 radical (unpaired) electrons. The fourth-order valence-electron chi connectivity index (χ4n) is 3.53. The fraction of sp³-hybridized carbons (Fsp3) is 0.160. The van der Waals surface area contributed by atoms with Crippen molar-refractivity contribution in [3.05, 3.63) is 90.0 Å². The molecule has 1 heterocycles. The van der Waals surface area contributed by atoms with Gasteiger partial charge in [-0.1, -0.05) is 60.2 Å². The first-order valence-corrected chi connectivity index (χ1v) is 10.2. The van der Waals surface area contributed by atoms with Crippen LogP contribution in [0.2, 0.25) is 0 Å². The molecule has 4 rings (SSSR count). The lowest BCUT2D eigenvalue weighted by atomic mass is 9.92. The number of benzene rings is 3. The number of amides is 4. The molecule has 2 N–H and O–H groups in total. The molecule has 3 aromatic rings. The number of para-hydroxylation sites is 2. The van der Waals surface area contributed by atoms with Gasteiger partial charge in [0.1, 0.15) is 17.8 Å². The van der Waals surface area contributed by atoms with Crippen molar-refractivity contribution in [3.63, 3.8) is 0 Å². The van der Waals surface area contributed by atoms with Crippen LogP contribution >= 0.6 is 0 Å². The summed E-state index contributed by atoms with van der Waals surface area (Å²) in [6.07, 6.45) is 0. The zero-order valence-electron chi connectivity index (χ0n) is 17.8. The van der Waals surface area contributed by atoms with Gasteiger partial charge in [0.15, 0.2) is 5.75 Å². The van der Waals surface area contributed by atoms with E-state index in [1.54, 1.807) is 55.5 Å². The van der Waals surface area contributed by atoms with E-state index in [2.05, 4.69) is 10.6 Å². The Kier molecular flexibility index (Phi) is 5.64. The van der Waals surface area contributed by atoms with E-state index in [0.29, 0.717) is 22.7 Å². The number of hydrogen-bond donors (Lipinski definition) is 2. The smallest absolute Gasteiger partial charge is 0.325 e. The van der Waals surface area contributed by atoms with Crippen LogP contribution in [0.4, 0.5) is 10.5 Å². The van der Waals surface area contributed by atoms with Crippen molar-refractivity contribution in [2.75, 3.05) is 11.9 Å². The van der Waals surface area contributed by atoms with Crippen LogP contribution < -0.4 is 15.4 Å². The largest absolute Gasteiger partial charge is 0.455 e. The predicted molar refractivity (Wildman–Crippen MR) is 120 cm³/mol. The molecule has 1 fully saturated rings. The summed E-state index contributed by atoms with van der Waals surface area (Å²) in [6.45, 7) is 3.20. The standard InChI is InChI=1S/C25H23N3O4/c1-17-12-14-19(15-13-17)32-21-11-7-6-10-20(21)26-22(29)16-28-23(30)25(2,27-24(28)31)18-8-4-3-5-9-18/h3-15H,16H2,1-2H3,(H,26,29)(H,27,31). The van der Waals surface area contributed by atoms with Crippen LogP contribution in [-0.2, 0) is 15.1 Å². The SMILES string of the molecule is Cc1ccc(Oc2ccccc2NC(=O)CN2C(=O)NC(C)(c3ccccc3)C2=O)cc1. The average molecular weight is 429 g/mol. The van der Waals surface area contributed by atoms with Gasteiger partial charge in [-0.05, 0) is 43.7 Å². The van der Waals surface area contributed by atoms with Gasteiger partial charge in [-0.2, -0.15) is 0 Å². The minimum atomic E-state index is -1.22. The summed E-state index contributed by atoms with van der Waals surface area (Å²) in [5.41, 5.74) is 0.981. The van der Waals surface area contributed by atoms with Gasteiger partial charge in [0.05, 0.1) is 5.69 Å². The number of imide groups is 1. The molecular weight excluding hydrogens is 406 g/mol. The number of anilines is 1. The third-order valence-corrected chi connectivity index (χ3v) is 5.34. The lowest BCUT2D eigenvalue weighted by molar-refractivity contribution is -0.133. The minimum Gasteiger partial charge on any atom is -0.455 e. The first-order chi connectivity index (χ1) is 15.4. The Morgan fingerprint density at radius 2 is 1.62 bits per heavy atom. The van der Waals surface area contributed by atoms with E-state index in [0.717, 1.165) is 10.5 Å². The van der Waals surface area contributed by atoms with E-state index in [1.165, 1.54) is 0 Å². The number of nitrogens with zero attached hydrogens (tertiary/aromatic N) is 1. The van der Waals surface area contributed by atoms with E-state index in [-0.39, 0.29) is 0 Å². The first-order valence-electron chi connectivity index (χ1n) is 10.2. The molecule has 1 saturated heterocycles. The number of urea groups is 1. The molecule has 1 aliphatic heterocycles. The third kappa shape index (κ3) is 4.18. The third-order valence-electron chi connectivity index (χ3n) is 5.34. The summed E-state index contributed by atoms with van der Waals surface area (Å²) in [6, 6.07) is 22.8. The zero-order chi connectivity index (χ0) is 22.7. The van der Waals surface area contributed by atoms with Crippen molar-refractivity contribution in [1.29, 1.82) is 0 Å². The van der Waals surface area contributed by atoms with Gasteiger partial charge in [0.25, 0.3) is 5.91 Å². The Labute approximate surface area is 186 Å². The number of nitrogens with one attached hydrogen (secondary N) is 2. The highest BCUT2D eigenvalue weighted by Gasteiger charge is 2.49. The van der Waals surface area contributed by atoms with Crippen LogP contribution in [0, 0.1) is 6.92 Å². The first kappa shape index (κ1) is 21.1. The van der Waals surface area contributed by atoms with Crippen molar-refractivity contribution in [3.8, 4) is 11.5 Å². The molecule has 0 aliphatic carbocycles. The van der Waals surface area contributed by atoms with Gasteiger partial charge in [-0.15, -0.1) is 0 Å². The lowest BCUT2D eigenvalue weighted by Crippen LogP contribution is -2.42. The molecule has 4 amide bonds. The normalized spacial score (nSPS) is 17.8. The number of carbonyl (C=O) groups is 3. The molecule has 0 saturated carbocycles. The van der Waals surface area contributed by atoms with Crippen molar-refractivity contribution in [1.82, 2.24) is 10.2 Å². The van der Waals surface area contributed by atoms with E-state index in [1.807, 2.05) is 37.3 Å². The van der Waals surface area contributed by atoms with Crippen LogP contribution in [0.5, 0.6) is 11.5 Å². The molecule has 7 heteroatoms. The zero-order valence-corrected chi connectivity index (χ0v) is 17.8. The highest BCUT2D eigenvalue weighted by atomic mass is 16.5. The van der Waals surface area contributed by atoms with Gasteiger partial charge in [0.2, 0.25) is 5.91 Å². The van der Waals surface area contributed by atoms with Gasteiger partial charge >= 0.3 is 6.03 Å². The highest BCUT2D eigenvalue weighted by Crippen LogP contribution is 2.31. The van der Waals surface area contributed by atoms with Crippen LogP contribution in [0.1, 0.15) is 18.1 Å². The fourth-order valence-corrected chi connectivity index (χ4v) is 3.53. The lowest BCUT2D eigenvalue weighted by Gasteiger charge is -2.22. The molecule has 162 valence electrons. The molecule has 0 aromatic heterocycles. The average Bonchev–Trinajstić information content (AvgIpc) is 3.01. The molecule has 1 aliphatic rings. The van der Waals surface area contributed by atoms with Crippen LogP contribution in [0.25, 0.3) is 0 Å². The van der Waals surface area contributed by atoms with E-state index < -0.39 is 29.9 Å². The van der Waals surface area contributed by atoms with Crippen molar-refractivity contribution >= 4 is 23.5 Å². The Morgan fingerprint density at radius 1 is 0.969 bits per heavy atom. The summed E-state index contributed by atoms with van der Waals surface area (Å²) in [5, 5.41) is 5.44. The number of carbonyl (C=O) groups excluding carboxylic acids is 3. The minimum absolute atomic E-state index is 0.411. The highest BCUT2D eigenvalue weighted by molar-refractivity contribution is 6.10. The van der Waals surface area contributed by atoms with Gasteiger partial charge in [-0.25, -0.2) is 4.79 Å². The molecule has 7 nitrogen and oxygen atoms in total. The number of rotatable bonds is 6. The Hall–Kier alpha value is -4.13. The molecule has 3 aromatic carbocycles. The van der Waals surface area contributed by atoms with E-state index in [9.17, 15) is 14.4 Å². The molecule has 0 bridgehead atoms. The van der Waals surface area contributed by atoms with Crippen LogP contribution in [-0.4, -0.2) is 29.3 Å². The molecule has 32 heavy (non-hydrogen) atoms. The maximum absolute atomic E-state index is 13.0. The predicted octanol–water partition coefficient (Wildman–Crippen LogP) is 4.19. The molecule has 1 unspecified atom stereocenters. The summed E-state index contributed by atoms with van der Waals surface area (Å²) < 4.78 is 5.89. The number of hydrogen-bond acceptors (Lipinski definition) is 4. The Morgan fingerprint density at radius 3 is 2.34 bits per heavy atom. The van der Waals surface area contributed by atoms with Gasteiger partial charge in [0, 0.05) is 0 Å². The molecule has 0 spiro atoms. The Balaban J connectivity index is 1.47.